The van der Waals surface area contributed by atoms with Crippen LogP contribution in [-0.4, -0.2) is 0 Å². The molecule has 0 heterocycles. The Morgan fingerprint density at radius 2 is 0.611 bits per heavy atom. The molecule has 2 aliphatic carbocycles. The van der Waals surface area contributed by atoms with Gasteiger partial charge in [-0.2, -0.15) is 0 Å². The van der Waals surface area contributed by atoms with Crippen LogP contribution in [0.1, 0.15) is 45.2 Å². The zero-order chi connectivity index (χ0) is 35.6. The third-order valence-corrected chi connectivity index (χ3v) is 11.8. The Hall–Kier alpha value is -6.76. The monoisotopic (exact) mass is 684 g/mol. The Balaban J connectivity index is 1.12. The molecular formula is C54H36. The van der Waals surface area contributed by atoms with Gasteiger partial charge in [-0.05, 0) is 118 Å². The van der Waals surface area contributed by atoms with Crippen LogP contribution in [0.4, 0.5) is 0 Å². The first-order valence-corrected chi connectivity index (χ1v) is 19.0. The van der Waals surface area contributed by atoms with Gasteiger partial charge in [0.1, 0.15) is 0 Å². The highest BCUT2D eigenvalue weighted by molar-refractivity contribution is 6.12. The first kappa shape index (κ1) is 30.8. The molecule has 9 aromatic carbocycles. The molecule has 0 saturated heterocycles. The summed E-state index contributed by atoms with van der Waals surface area (Å²) in [4.78, 5) is 0. The van der Waals surface area contributed by atoms with Gasteiger partial charge in [0.05, 0.1) is 0 Å². The average molecular weight is 685 g/mol. The van der Waals surface area contributed by atoms with Crippen LogP contribution in [0, 0.1) is 0 Å². The summed E-state index contributed by atoms with van der Waals surface area (Å²) in [6.45, 7) is 0. The standard InChI is InChI=1S/C54H36/c1-4-16-35(17-5-1)40-32-41(36-18-6-2-7-19-36)34-42(33-40)37-28-30-39(31-29-37)50-44-23-11-13-25-46(44)52-48-27-15-14-26-47(48)51-45-24-12-10-22-43(45)49(53(51)54(50)52)38-20-8-3-9-21-38/h1-34,49-50H. The van der Waals surface area contributed by atoms with Gasteiger partial charge in [-0.3, -0.25) is 0 Å². The highest BCUT2D eigenvalue weighted by Crippen LogP contribution is 2.61. The summed E-state index contributed by atoms with van der Waals surface area (Å²) in [5.74, 6) is 0.267. The second kappa shape index (κ2) is 12.4. The van der Waals surface area contributed by atoms with Crippen molar-refractivity contribution in [2.45, 2.75) is 11.8 Å². The molecule has 2 aliphatic rings. The zero-order valence-corrected chi connectivity index (χ0v) is 29.8. The van der Waals surface area contributed by atoms with E-state index in [0.717, 1.165) is 0 Å². The molecule has 0 saturated carbocycles. The van der Waals surface area contributed by atoms with E-state index in [-0.39, 0.29) is 11.8 Å². The van der Waals surface area contributed by atoms with Crippen LogP contribution in [0.25, 0.3) is 66.4 Å². The Bertz CT molecular complexity index is 2790. The quantitative estimate of drug-likeness (QED) is 0.169. The largest absolute Gasteiger partial charge is 0.0622 e. The number of hydrogen-bond donors (Lipinski definition) is 0. The van der Waals surface area contributed by atoms with Crippen LogP contribution in [0.15, 0.2) is 206 Å². The molecule has 2 unspecified atom stereocenters. The van der Waals surface area contributed by atoms with Crippen LogP contribution in [0.5, 0.6) is 0 Å². The highest BCUT2D eigenvalue weighted by Gasteiger charge is 2.41. The first-order chi connectivity index (χ1) is 26.8. The molecule has 0 aromatic heterocycles. The van der Waals surface area contributed by atoms with Gasteiger partial charge < -0.3 is 0 Å². The van der Waals surface area contributed by atoms with Crippen molar-refractivity contribution in [3.8, 4) is 55.6 Å². The maximum absolute atomic E-state index is 2.39. The molecule has 0 amide bonds. The fourth-order valence-corrected chi connectivity index (χ4v) is 9.52. The summed E-state index contributed by atoms with van der Waals surface area (Å²) in [5, 5.41) is 2.68. The lowest BCUT2D eigenvalue weighted by molar-refractivity contribution is 0.940. The van der Waals surface area contributed by atoms with Crippen molar-refractivity contribution >= 4 is 10.8 Å². The number of benzene rings is 9. The lowest BCUT2D eigenvalue weighted by atomic mass is 9.78. The minimum atomic E-state index is 0.111. The predicted molar refractivity (Wildman–Crippen MR) is 226 cm³/mol. The average Bonchev–Trinajstić information content (AvgIpc) is 3.79. The van der Waals surface area contributed by atoms with Crippen molar-refractivity contribution in [2.75, 3.05) is 0 Å². The normalized spacial score (nSPS) is 15.0. The van der Waals surface area contributed by atoms with Gasteiger partial charge in [-0.15, -0.1) is 0 Å². The van der Waals surface area contributed by atoms with Crippen molar-refractivity contribution in [2.24, 2.45) is 0 Å². The SMILES string of the molecule is c1ccc(-c2cc(-c3ccccc3)cc(-c3ccc(C4c5ccccc5-c5c4c4c(c6ccccc56)-c5ccccc5C4c4ccccc4)cc3)c2)cc1. The molecule has 252 valence electrons. The summed E-state index contributed by atoms with van der Waals surface area (Å²) in [6.07, 6.45) is 0. The van der Waals surface area contributed by atoms with Crippen molar-refractivity contribution in [1.82, 2.24) is 0 Å². The molecule has 0 spiro atoms. The molecule has 0 heteroatoms. The molecule has 0 bridgehead atoms. The van der Waals surface area contributed by atoms with Gasteiger partial charge in [0.15, 0.2) is 0 Å². The Morgan fingerprint density at radius 1 is 0.259 bits per heavy atom. The third kappa shape index (κ3) is 4.77. The second-order valence-corrected chi connectivity index (χ2v) is 14.7. The van der Waals surface area contributed by atoms with Gasteiger partial charge in [0, 0.05) is 11.8 Å². The molecule has 54 heavy (non-hydrogen) atoms. The van der Waals surface area contributed by atoms with E-state index in [4.69, 9.17) is 0 Å². The summed E-state index contributed by atoms with van der Waals surface area (Å²) in [5.41, 5.74) is 21.2. The molecule has 11 rings (SSSR count). The number of fused-ring (bicyclic) bond motifs is 10. The van der Waals surface area contributed by atoms with Crippen molar-refractivity contribution in [3.63, 3.8) is 0 Å². The fourth-order valence-electron chi connectivity index (χ4n) is 9.52. The van der Waals surface area contributed by atoms with Gasteiger partial charge in [0.25, 0.3) is 0 Å². The summed E-state index contributed by atoms with van der Waals surface area (Å²) in [7, 11) is 0. The second-order valence-electron chi connectivity index (χ2n) is 14.7. The predicted octanol–water partition coefficient (Wildman–Crippen LogP) is 14.2. The Morgan fingerprint density at radius 3 is 1.07 bits per heavy atom. The smallest absolute Gasteiger partial charge is 0.0355 e. The maximum Gasteiger partial charge on any atom is 0.0355 e. The topological polar surface area (TPSA) is 0 Å². The van der Waals surface area contributed by atoms with E-state index in [1.54, 1.807) is 0 Å². The van der Waals surface area contributed by atoms with Crippen LogP contribution >= 0.6 is 0 Å². The molecule has 0 N–H and O–H groups in total. The van der Waals surface area contributed by atoms with Gasteiger partial charge in [-0.1, -0.05) is 188 Å². The minimum absolute atomic E-state index is 0.111. The van der Waals surface area contributed by atoms with Gasteiger partial charge >= 0.3 is 0 Å². The van der Waals surface area contributed by atoms with E-state index in [1.807, 2.05) is 0 Å². The lowest BCUT2D eigenvalue weighted by Gasteiger charge is -2.24. The first-order valence-electron chi connectivity index (χ1n) is 19.0. The fraction of sp³-hybridized carbons (Fsp3) is 0.0370. The van der Waals surface area contributed by atoms with Crippen molar-refractivity contribution in [3.05, 3.63) is 240 Å². The molecule has 0 radical (unpaired) electrons. The zero-order valence-electron chi connectivity index (χ0n) is 29.8. The number of hydrogen-bond acceptors (Lipinski definition) is 0. The third-order valence-electron chi connectivity index (χ3n) is 11.8. The molecule has 9 aromatic rings. The van der Waals surface area contributed by atoms with Crippen molar-refractivity contribution < 1.29 is 0 Å². The molecule has 2 atom stereocenters. The van der Waals surface area contributed by atoms with E-state index in [1.165, 1.54) is 99.8 Å². The van der Waals surface area contributed by atoms with Gasteiger partial charge in [0.2, 0.25) is 0 Å². The number of rotatable bonds is 5. The van der Waals surface area contributed by atoms with Gasteiger partial charge in [-0.25, -0.2) is 0 Å². The van der Waals surface area contributed by atoms with E-state index in [2.05, 4.69) is 206 Å². The lowest BCUT2D eigenvalue weighted by Crippen LogP contribution is -2.08. The van der Waals surface area contributed by atoms with E-state index in [0.29, 0.717) is 0 Å². The Kier molecular flexibility index (Phi) is 7.10. The molecule has 0 fully saturated rings. The molecule has 0 nitrogen and oxygen atoms in total. The van der Waals surface area contributed by atoms with Crippen LogP contribution in [0.3, 0.4) is 0 Å². The maximum atomic E-state index is 2.39. The molecular weight excluding hydrogens is 649 g/mol. The highest BCUT2D eigenvalue weighted by atomic mass is 14.4. The minimum Gasteiger partial charge on any atom is -0.0622 e. The van der Waals surface area contributed by atoms with Crippen LogP contribution in [-0.2, 0) is 0 Å². The van der Waals surface area contributed by atoms with Crippen LogP contribution in [0.2, 0.25) is 0 Å². The van der Waals surface area contributed by atoms with E-state index < -0.39 is 0 Å². The van der Waals surface area contributed by atoms with Crippen LogP contribution < -0.4 is 0 Å². The summed E-state index contributed by atoms with van der Waals surface area (Å²) < 4.78 is 0. The van der Waals surface area contributed by atoms with Crippen molar-refractivity contribution in [1.29, 1.82) is 0 Å². The summed E-state index contributed by atoms with van der Waals surface area (Å²) in [6, 6.07) is 76.5. The Labute approximate surface area is 316 Å². The summed E-state index contributed by atoms with van der Waals surface area (Å²) >= 11 is 0. The van der Waals surface area contributed by atoms with E-state index >= 15 is 0 Å². The molecule has 0 aliphatic heterocycles. The van der Waals surface area contributed by atoms with E-state index in [9.17, 15) is 0 Å².